The Kier molecular flexibility index (Phi) is 5.62. The summed E-state index contributed by atoms with van der Waals surface area (Å²) in [7, 11) is 4.12. The smallest absolute Gasteiger partial charge is 0.251 e. The molecule has 1 amide bonds. The molecule has 150 valence electrons. The van der Waals surface area contributed by atoms with Gasteiger partial charge >= 0.3 is 0 Å². The Morgan fingerprint density at radius 1 is 1.17 bits per heavy atom. The van der Waals surface area contributed by atoms with Crippen molar-refractivity contribution < 1.29 is 9.53 Å². The number of ether oxygens (including phenoxy) is 1. The van der Waals surface area contributed by atoms with E-state index in [0.29, 0.717) is 13.2 Å². The number of hydrogen-bond acceptors (Lipinski definition) is 4. The molecular formula is C23H26N4O2. The van der Waals surface area contributed by atoms with Crippen LogP contribution in [0.2, 0.25) is 0 Å². The molecule has 0 saturated heterocycles. The molecule has 0 unspecified atom stereocenters. The van der Waals surface area contributed by atoms with Crippen molar-refractivity contribution in [2.75, 3.05) is 33.8 Å². The van der Waals surface area contributed by atoms with E-state index >= 15 is 0 Å². The summed E-state index contributed by atoms with van der Waals surface area (Å²) in [6.07, 6.45) is 5.56. The van der Waals surface area contributed by atoms with E-state index in [1.807, 2.05) is 53.2 Å². The standard InChI is InChI=1S/C23H26N4O2/c1-26(2)13-3-15-29-20-8-5-18(6-9-20)22-24-12-14-27(22)19-7-4-17-10-11-25-23(28)21(17)16-19/h4-9,12,14,16H,3,10-11,13,15H2,1-2H3,(H,25,28). The van der Waals surface area contributed by atoms with Gasteiger partial charge in [0.15, 0.2) is 0 Å². The quantitative estimate of drug-likeness (QED) is 0.630. The Morgan fingerprint density at radius 3 is 2.79 bits per heavy atom. The van der Waals surface area contributed by atoms with E-state index in [2.05, 4.69) is 29.3 Å². The summed E-state index contributed by atoms with van der Waals surface area (Å²) >= 11 is 0. The molecular weight excluding hydrogens is 364 g/mol. The van der Waals surface area contributed by atoms with Gasteiger partial charge in [-0.15, -0.1) is 0 Å². The van der Waals surface area contributed by atoms with E-state index in [9.17, 15) is 4.79 Å². The molecule has 3 aromatic rings. The SMILES string of the molecule is CN(C)CCCOc1ccc(-c2nccn2-c2ccc3c(c2)C(=O)NCC3)cc1. The topological polar surface area (TPSA) is 59.4 Å². The van der Waals surface area contributed by atoms with Crippen LogP contribution in [0.3, 0.4) is 0 Å². The summed E-state index contributed by atoms with van der Waals surface area (Å²) in [4.78, 5) is 18.9. The van der Waals surface area contributed by atoms with Gasteiger partial charge in [-0.25, -0.2) is 4.98 Å². The number of fused-ring (bicyclic) bond motifs is 1. The number of aromatic nitrogens is 2. The van der Waals surface area contributed by atoms with E-state index in [1.165, 1.54) is 0 Å². The highest BCUT2D eigenvalue weighted by molar-refractivity contribution is 5.97. The number of carbonyl (C=O) groups excluding carboxylic acids is 1. The largest absolute Gasteiger partial charge is 0.494 e. The highest BCUT2D eigenvalue weighted by Crippen LogP contribution is 2.26. The molecule has 4 rings (SSSR count). The van der Waals surface area contributed by atoms with Gasteiger partial charge in [0.05, 0.1) is 6.61 Å². The summed E-state index contributed by atoms with van der Waals surface area (Å²) in [6.45, 7) is 2.41. The van der Waals surface area contributed by atoms with Crippen LogP contribution in [-0.2, 0) is 6.42 Å². The molecule has 0 saturated carbocycles. The van der Waals surface area contributed by atoms with Gasteiger partial charge < -0.3 is 15.0 Å². The van der Waals surface area contributed by atoms with Gasteiger partial charge in [-0.1, -0.05) is 6.07 Å². The van der Waals surface area contributed by atoms with E-state index in [4.69, 9.17) is 4.74 Å². The van der Waals surface area contributed by atoms with Crippen LogP contribution < -0.4 is 10.1 Å². The molecule has 6 nitrogen and oxygen atoms in total. The summed E-state index contributed by atoms with van der Waals surface area (Å²) in [6, 6.07) is 14.0. The van der Waals surface area contributed by atoms with E-state index < -0.39 is 0 Å². The van der Waals surface area contributed by atoms with Gasteiger partial charge in [0, 0.05) is 42.3 Å². The molecule has 2 aromatic carbocycles. The first-order valence-electron chi connectivity index (χ1n) is 9.94. The molecule has 1 N–H and O–H groups in total. The zero-order valence-corrected chi connectivity index (χ0v) is 16.9. The monoisotopic (exact) mass is 390 g/mol. The lowest BCUT2D eigenvalue weighted by molar-refractivity contribution is 0.0946. The van der Waals surface area contributed by atoms with Crippen LogP contribution in [-0.4, -0.2) is 54.1 Å². The number of benzene rings is 2. The molecule has 0 spiro atoms. The second kappa shape index (κ2) is 8.49. The number of carbonyl (C=O) groups is 1. The van der Waals surface area contributed by atoms with Crippen molar-refractivity contribution in [3.8, 4) is 22.8 Å². The van der Waals surface area contributed by atoms with Gasteiger partial charge in [-0.05, 0) is 68.9 Å². The van der Waals surface area contributed by atoms with Crippen molar-refractivity contribution in [3.63, 3.8) is 0 Å². The average Bonchev–Trinajstić information content (AvgIpc) is 3.21. The number of nitrogens with one attached hydrogen (secondary N) is 1. The number of nitrogens with zero attached hydrogens (tertiary/aromatic N) is 3. The number of amides is 1. The Morgan fingerprint density at radius 2 is 2.00 bits per heavy atom. The molecule has 0 radical (unpaired) electrons. The average molecular weight is 390 g/mol. The van der Waals surface area contributed by atoms with Crippen molar-refractivity contribution in [1.82, 2.24) is 19.8 Å². The fraction of sp³-hybridized carbons (Fsp3) is 0.304. The van der Waals surface area contributed by atoms with E-state index in [-0.39, 0.29) is 5.91 Å². The van der Waals surface area contributed by atoms with Crippen LogP contribution >= 0.6 is 0 Å². The van der Waals surface area contributed by atoms with Crippen LogP contribution in [0.5, 0.6) is 5.75 Å². The third-order valence-electron chi connectivity index (χ3n) is 5.07. The van der Waals surface area contributed by atoms with Crippen molar-refractivity contribution in [2.24, 2.45) is 0 Å². The molecule has 1 aromatic heterocycles. The Labute approximate surface area is 171 Å². The second-order valence-corrected chi connectivity index (χ2v) is 7.50. The third kappa shape index (κ3) is 4.32. The minimum atomic E-state index is -0.00877. The van der Waals surface area contributed by atoms with Crippen LogP contribution in [0.15, 0.2) is 54.9 Å². The van der Waals surface area contributed by atoms with E-state index in [0.717, 1.165) is 53.3 Å². The minimum Gasteiger partial charge on any atom is -0.494 e. The fourth-order valence-corrected chi connectivity index (χ4v) is 3.55. The van der Waals surface area contributed by atoms with Gasteiger partial charge in [0.1, 0.15) is 11.6 Å². The van der Waals surface area contributed by atoms with Crippen LogP contribution in [0, 0.1) is 0 Å². The summed E-state index contributed by atoms with van der Waals surface area (Å²) < 4.78 is 7.83. The Hall–Kier alpha value is -3.12. The maximum atomic E-state index is 12.2. The Balaban J connectivity index is 1.52. The number of imidazole rings is 1. The maximum absolute atomic E-state index is 12.2. The van der Waals surface area contributed by atoms with Crippen molar-refractivity contribution in [3.05, 3.63) is 66.0 Å². The third-order valence-corrected chi connectivity index (χ3v) is 5.07. The predicted molar refractivity (Wildman–Crippen MR) is 114 cm³/mol. The van der Waals surface area contributed by atoms with Crippen LogP contribution in [0.4, 0.5) is 0 Å². The fourth-order valence-electron chi connectivity index (χ4n) is 3.55. The lowest BCUT2D eigenvalue weighted by Crippen LogP contribution is -2.31. The molecule has 0 fully saturated rings. The molecule has 6 heteroatoms. The van der Waals surface area contributed by atoms with Gasteiger partial charge in [-0.2, -0.15) is 0 Å². The zero-order chi connectivity index (χ0) is 20.2. The number of hydrogen-bond donors (Lipinski definition) is 1. The first-order valence-corrected chi connectivity index (χ1v) is 9.94. The first-order chi connectivity index (χ1) is 14.1. The summed E-state index contributed by atoms with van der Waals surface area (Å²) in [5.74, 6) is 1.68. The predicted octanol–water partition coefficient (Wildman–Crippen LogP) is 3.16. The van der Waals surface area contributed by atoms with Crippen molar-refractivity contribution in [2.45, 2.75) is 12.8 Å². The first kappa shape index (κ1) is 19.2. The highest BCUT2D eigenvalue weighted by atomic mass is 16.5. The van der Waals surface area contributed by atoms with E-state index in [1.54, 1.807) is 6.20 Å². The van der Waals surface area contributed by atoms with Crippen molar-refractivity contribution >= 4 is 5.91 Å². The minimum absolute atomic E-state index is 0.00877. The summed E-state index contributed by atoms with van der Waals surface area (Å²) in [5.41, 5.74) is 3.76. The van der Waals surface area contributed by atoms with Gasteiger partial charge in [0.2, 0.25) is 0 Å². The summed E-state index contributed by atoms with van der Waals surface area (Å²) in [5, 5.41) is 2.91. The molecule has 0 bridgehead atoms. The second-order valence-electron chi connectivity index (χ2n) is 7.50. The van der Waals surface area contributed by atoms with Gasteiger partial charge in [0.25, 0.3) is 5.91 Å². The number of rotatable bonds is 7. The van der Waals surface area contributed by atoms with Crippen LogP contribution in [0.25, 0.3) is 17.1 Å². The zero-order valence-electron chi connectivity index (χ0n) is 16.9. The lowest BCUT2D eigenvalue weighted by atomic mass is 9.99. The molecule has 0 atom stereocenters. The Bertz CT molecular complexity index is 992. The van der Waals surface area contributed by atoms with Crippen LogP contribution in [0.1, 0.15) is 22.3 Å². The highest BCUT2D eigenvalue weighted by Gasteiger charge is 2.18. The molecule has 1 aliphatic rings. The normalized spacial score (nSPS) is 13.3. The molecule has 1 aliphatic heterocycles. The molecule has 29 heavy (non-hydrogen) atoms. The maximum Gasteiger partial charge on any atom is 0.251 e. The molecule has 2 heterocycles. The van der Waals surface area contributed by atoms with Crippen molar-refractivity contribution in [1.29, 1.82) is 0 Å². The van der Waals surface area contributed by atoms with Gasteiger partial charge in [-0.3, -0.25) is 9.36 Å². The lowest BCUT2D eigenvalue weighted by Gasteiger charge is -2.18. The molecule has 0 aliphatic carbocycles.